The Labute approximate surface area is 187 Å². The van der Waals surface area contributed by atoms with E-state index in [4.69, 9.17) is 21.1 Å². The highest BCUT2D eigenvalue weighted by Crippen LogP contribution is 2.30. The molecule has 156 valence electrons. The fraction of sp³-hybridized carbons (Fsp3) is 0.154. The highest BCUT2D eigenvalue weighted by Gasteiger charge is 2.12. The minimum absolute atomic E-state index is 0.265. The summed E-state index contributed by atoms with van der Waals surface area (Å²) in [5.74, 6) is 0.425. The molecule has 0 unspecified atom stereocenters. The number of esters is 1. The molecular formula is C26H22ClNO3. The summed E-state index contributed by atoms with van der Waals surface area (Å²) in [7, 11) is 1.51. The minimum atomic E-state index is -0.334. The first-order valence-corrected chi connectivity index (χ1v) is 10.2. The van der Waals surface area contributed by atoms with Crippen molar-refractivity contribution in [3.8, 4) is 17.6 Å². The van der Waals surface area contributed by atoms with Crippen LogP contribution in [0, 0.1) is 18.3 Å². The van der Waals surface area contributed by atoms with Crippen molar-refractivity contribution in [2.45, 2.75) is 19.8 Å². The van der Waals surface area contributed by atoms with Crippen molar-refractivity contribution in [2.75, 3.05) is 7.11 Å². The predicted molar refractivity (Wildman–Crippen MR) is 123 cm³/mol. The summed E-state index contributed by atoms with van der Waals surface area (Å²) in [6.45, 7) is 2.03. The average Bonchev–Trinajstić information content (AvgIpc) is 2.78. The van der Waals surface area contributed by atoms with Crippen LogP contribution in [-0.4, -0.2) is 13.1 Å². The summed E-state index contributed by atoms with van der Waals surface area (Å²) in [5.41, 5.74) is 4.20. The third-order valence-corrected chi connectivity index (χ3v) is 4.95. The lowest BCUT2D eigenvalue weighted by Gasteiger charge is -2.10. The van der Waals surface area contributed by atoms with E-state index in [9.17, 15) is 10.1 Å². The van der Waals surface area contributed by atoms with Crippen molar-refractivity contribution in [1.29, 1.82) is 5.26 Å². The lowest BCUT2D eigenvalue weighted by Crippen LogP contribution is -2.10. The normalized spacial score (nSPS) is 11.0. The molecule has 0 heterocycles. The largest absolute Gasteiger partial charge is 0.493 e. The number of carbonyl (C=O) groups is 1. The van der Waals surface area contributed by atoms with E-state index < -0.39 is 0 Å². The molecule has 0 fully saturated rings. The second-order valence-electron chi connectivity index (χ2n) is 7.05. The molecule has 0 bridgehead atoms. The molecule has 0 aliphatic heterocycles. The summed E-state index contributed by atoms with van der Waals surface area (Å²) in [6.07, 6.45) is 2.60. The zero-order valence-electron chi connectivity index (χ0n) is 17.4. The van der Waals surface area contributed by atoms with Gasteiger partial charge < -0.3 is 9.47 Å². The third-order valence-electron chi connectivity index (χ3n) is 4.72. The summed E-state index contributed by atoms with van der Waals surface area (Å²) in [4.78, 5) is 12.3. The molecule has 0 aliphatic carbocycles. The molecule has 0 spiro atoms. The van der Waals surface area contributed by atoms with Gasteiger partial charge in [0.15, 0.2) is 11.5 Å². The number of aryl methyl sites for hydroxylation is 2. The quantitative estimate of drug-likeness (QED) is 0.192. The Morgan fingerprint density at radius 1 is 1.06 bits per heavy atom. The molecule has 5 heteroatoms. The molecule has 0 N–H and O–H groups in total. The van der Waals surface area contributed by atoms with Crippen LogP contribution in [0.3, 0.4) is 0 Å². The van der Waals surface area contributed by atoms with Crippen molar-refractivity contribution in [1.82, 2.24) is 0 Å². The first kappa shape index (κ1) is 22.1. The number of allylic oxidation sites excluding steroid dienone is 1. The van der Waals surface area contributed by atoms with Gasteiger partial charge in [0.25, 0.3) is 0 Å². The molecule has 3 aromatic rings. The van der Waals surface area contributed by atoms with Crippen molar-refractivity contribution in [3.05, 3.63) is 94.0 Å². The molecule has 3 rings (SSSR count). The fourth-order valence-electron chi connectivity index (χ4n) is 3.04. The zero-order chi connectivity index (χ0) is 22.2. The van der Waals surface area contributed by atoms with Gasteiger partial charge in [-0.25, -0.2) is 0 Å². The first-order chi connectivity index (χ1) is 15.0. The van der Waals surface area contributed by atoms with Crippen LogP contribution in [0.15, 0.2) is 66.7 Å². The van der Waals surface area contributed by atoms with Gasteiger partial charge >= 0.3 is 5.97 Å². The Hall–Kier alpha value is -3.55. The van der Waals surface area contributed by atoms with Gasteiger partial charge in [-0.3, -0.25) is 4.79 Å². The van der Waals surface area contributed by atoms with E-state index in [-0.39, 0.29) is 12.4 Å². The minimum Gasteiger partial charge on any atom is -0.493 e. The molecule has 0 aliphatic rings. The highest BCUT2D eigenvalue weighted by molar-refractivity contribution is 6.30. The van der Waals surface area contributed by atoms with Crippen LogP contribution < -0.4 is 9.47 Å². The highest BCUT2D eigenvalue weighted by atomic mass is 35.5. The van der Waals surface area contributed by atoms with E-state index in [1.807, 2.05) is 37.3 Å². The van der Waals surface area contributed by atoms with E-state index >= 15 is 0 Å². The number of ether oxygens (including phenoxy) is 2. The first-order valence-electron chi connectivity index (χ1n) is 9.80. The summed E-state index contributed by atoms with van der Waals surface area (Å²) in [5, 5.41) is 10.1. The number of nitrogens with zero attached hydrogens (tertiary/aromatic N) is 1. The van der Waals surface area contributed by atoms with Gasteiger partial charge in [-0.15, -0.1) is 0 Å². The zero-order valence-corrected chi connectivity index (χ0v) is 18.1. The summed E-state index contributed by atoms with van der Waals surface area (Å²) >= 11 is 6.03. The van der Waals surface area contributed by atoms with E-state index in [0.717, 1.165) is 16.7 Å². The Bertz CT molecular complexity index is 1140. The lowest BCUT2D eigenvalue weighted by molar-refractivity contribution is -0.134. The van der Waals surface area contributed by atoms with Crippen LogP contribution in [0.4, 0.5) is 0 Å². The molecule has 31 heavy (non-hydrogen) atoms. The monoisotopic (exact) mass is 431 g/mol. The second-order valence-corrected chi connectivity index (χ2v) is 7.49. The van der Waals surface area contributed by atoms with Gasteiger partial charge in [0.2, 0.25) is 0 Å². The Kier molecular flexibility index (Phi) is 7.48. The number of rotatable bonds is 7. The number of hydrogen-bond donors (Lipinski definition) is 0. The number of nitriles is 1. The smallest absolute Gasteiger partial charge is 0.311 e. The second kappa shape index (κ2) is 10.5. The van der Waals surface area contributed by atoms with E-state index in [2.05, 4.69) is 6.07 Å². The Balaban J connectivity index is 1.72. The predicted octanol–water partition coefficient (Wildman–Crippen LogP) is 6.26. The Morgan fingerprint density at radius 3 is 2.52 bits per heavy atom. The molecule has 0 radical (unpaired) electrons. The van der Waals surface area contributed by atoms with Gasteiger partial charge in [0.05, 0.1) is 18.8 Å². The van der Waals surface area contributed by atoms with E-state index in [0.29, 0.717) is 28.5 Å². The molecule has 0 aromatic heterocycles. The van der Waals surface area contributed by atoms with E-state index in [1.165, 1.54) is 12.7 Å². The molecule has 3 aromatic carbocycles. The average molecular weight is 432 g/mol. The van der Waals surface area contributed by atoms with Crippen LogP contribution in [0.2, 0.25) is 5.02 Å². The molecule has 4 nitrogen and oxygen atoms in total. The maximum atomic E-state index is 12.3. The molecule has 0 saturated carbocycles. The summed E-state index contributed by atoms with van der Waals surface area (Å²) in [6, 6.07) is 22.5. The maximum Gasteiger partial charge on any atom is 0.311 e. The molecule has 0 saturated heterocycles. The van der Waals surface area contributed by atoms with Crippen LogP contribution in [0.1, 0.15) is 28.7 Å². The SMILES string of the molecule is COc1cc(/C=C(/C#N)c2cccc(Cl)c2)ccc1OC(=O)CCc1ccc(C)cc1. The number of methoxy groups -OCH3 is 1. The van der Waals surface area contributed by atoms with Gasteiger partial charge in [0.1, 0.15) is 0 Å². The lowest BCUT2D eigenvalue weighted by atomic mass is 10.0. The van der Waals surface area contributed by atoms with Crippen molar-refractivity contribution in [3.63, 3.8) is 0 Å². The van der Waals surface area contributed by atoms with Crippen LogP contribution >= 0.6 is 11.6 Å². The number of hydrogen-bond acceptors (Lipinski definition) is 4. The van der Waals surface area contributed by atoms with Gasteiger partial charge in [-0.1, -0.05) is 59.6 Å². The maximum absolute atomic E-state index is 12.3. The number of halogens is 1. The van der Waals surface area contributed by atoms with Crippen LogP contribution in [0.25, 0.3) is 11.6 Å². The van der Waals surface area contributed by atoms with Crippen molar-refractivity contribution < 1.29 is 14.3 Å². The topological polar surface area (TPSA) is 59.3 Å². The molecule has 0 amide bonds. The number of benzene rings is 3. The third kappa shape index (κ3) is 6.21. The standard InChI is InChI=1S/C26H22ClNO3/c1-18-6-8-19(9-7-18)11-13-26(29)31-24-12-10-20(15-25(24)30-2)14-22(17-28)21-4-3-5-23(27)16-21/h3-10,12,14-16H,11,13H2,1-2H3/b22-14-. The Morgan fingerprint density at radius 2 is 1.84 bits per heavy atom. The van der Waals surface area contributed by atoms with Crippen molar-refractivity contribution >= 4 is 29.2 Å². The molecular weight excluding hydrogens is 410 g/mol. The van der Waals surface area contributed by atoms with Crippen molar-refractivity contribution in [2.24, 2.45) is 0 Å². The van der Waals surface area contributed by atoms with Crippen LogP contribution in [-0.2, 0) is 11.2 Å². The summed E-state index contributed by atoms with van der Waals surface area (Å²) < 4.78 is 10.9. The number of carbonyl (C=O) groups excluding carboxylic acids is 1. The van der Waals surface area contributed by atoms with Crippen LogP contribution in [0.5, 0.6) is 11.5 Å². The molecule has 0 atom stereocenters. The fourth-order valence-corrected chi connectivity index (χ4v) is 3.23. The van der Waals surface area contributed by atoms with Gasteiger partial charge in [-0.05, 0) is 60.4 Å². The van der Waals surface area contributed by atoms with E-state index in [1.54, 1.807) is 42.5 Å². The van der Waals surface area contributed by atoms with Gasteiger partial charge in [0, 0.05) is 11.4 Å². The van der Waals surface area contributed by atoms with Gasteiger partial charge in [-0.2, -0.15) is 5.26 Å².